The van der Waals surface area contributed by atoms with E-state index in [1.54, 1.807) is 35.1 Å². The van der Waals surface area contributed by atoms with Gasteiger partial charge in [-0.1, -0.05) is 0 Å². The normalized spacial score (nSPS) is 13.8. The maximum Gasteiger partial charge on any atom is 0.229 e. The van der Waals surface area contributed by atoms with Crippen molar-refractivity contribution in [3.8, 4) is 10.6 Å². The van der Waals surface area contributed by atoms with Crippen molar-refractivity contribution < 1.29 is 4.79 Å². The third-order valence-electron chi connectivity index (χ3n) is 4.06. The topological polar surface area (TPSA) is 46.1 Å². The Labute approximate surface area is 148 Å². The van der Waals surface area contributed by atoms with Crippen LogP contribution in [0.3, 0.4) is 0 Å². The predicted octanol–water partition coefficient (Wildman–Crippen LogP) is 4.00. The van der Waals surface area contributed by atoms with E-state index in [-0.39, 0.29) is 5.91 Å². The number of hydrogen-bond donors (Lipinski definition) is 0. The summed E-state index contributed by atoms with van der Waals surface area (Å²) >= 11 is 3.27. The van der Waals surface area contributed by atoms with Gasteiger partial charge in [-0.2, -0.15) is 11.3 Å². The summed E-state index contributed by atoms with van der Waals surface area (Å²) in [5.74, 6) is 0.163. The van der Waals surface area contributed by atoms with Gasteiger partial charge in [0, 0.05) is 41.3 Å². The first-order valence-electron chi connectivity index (χ1n) is 7.95. The number of rotatable bonds is 6. The molecule has 0 bridgehead atoms. The molecular weight excluding hydrogens is 338 g/mol. The van der Waals surface area contributed by atoms with Crippen LogP contribution in [0.15, 0.2) is 46.7 Å². The summed E-state index contributed by atoms with van der Waals surface area (Å²) in [7, 11) is 0. The Bertz CT molecular complexity index is 810. The van der Waals surface area contributed by atoms with Gasteiger partial charge < -0.3 is 4.90 Å². The van der Waals surface area contributed by atoms with E-state index in [4.69, 9.17) is 0 Å². The summed E-state index contributed by atoms with van der Waals surface area (Å²) < 4.78 is 0. The van der Waals surface area contributed by atoms with E-state index in [2.05, 4.69) is 21.4 Å². The molecule has 1 aliphatic carbocycles. The van der Waals surface area contributed by atoms with E-state index >= 15 is 0 Å². The second-order valence-corrected chi connectivity index (χ2v) is 7.58. The molecule has 122 valence electrons. The molecule has 3 heterocycles. The van der Waals surface area contributed by atoms with Crippen molar-refractivity contribution in [2.75, 3.05) is 0 Å². The molecule has 0 spiro atoms. The third-order valence-corrected chi connectivity index (χ3v) is 5.69. The lowest BCUT2D eigenvalue weighted by molar-refractivity contribution is -0.131. The predicted molar refractivity (Wildman–Crippen MR) is 96.9 cm³/mol. The Morgan fingerprint density at radius 2 is 2.04 bits per heavy atom. The Hall–Kier alpha value is -2.05. The molecule has 6 heteroatoms. The summed E-state index contributed by atoms with van der Waals surface area (Å²) in [6.07, 6.45) is 6.14. The van der Waals surface area contributed by atoms with Gasteiger partial charge in [0.25, 0.3) is 0 Å². The van der Waals surface area contributed by atoms with Gasteiger partial charge in [0.1, 0.15) is 5.01 Å². The summed E-state index contributed by atoms with van der Waals surface area (Å²) in [4.78, 5) is 23.4. The van der Waals surface area contributed by atoms with Crippen molar-refractivity contribution in [1.82, 2.24) is 14.9 Å². The van der Waals surface area contributed by atoms with Gasteiger partial charge in [-0.3, -0.25) is 9.78 Å². The molecule has 0 radical (unpaired) electrons. The standard InChI is InChI=1S/C18H17N3OS2/c22-17(9-15-12-24-18(20-15)14-5-8-23-11-14)21(16-1-2-16)10-13-3-6-19-7-4-13/h3-8,11-12,16H,1-2,9-10H2. The molecule has 0 aromatic carbocycles. The maximum atomic E-state index is 12.8. The molecule has 0 N–H and O–H groups in total. The first kappa shape index (κ1) is 15.5. The first-order chi connectivity index (χ1) is 11.8. The lowest BCUT2D eigenvalue weighted by Gasteiger charge is -2.22. The van der Waals surface area contributed by atoms with Crippen molar-refractivity contribution in [2.45, 2.75) is 31.8 Å². The highest BCUT2D eigenvalue weighted by Gasteiger charge is 2.32. The van der Waals surface area contributed by atoms with E-state index in [0.29, 0.717) is 19.0 Å². The van der Waals surface area contributed by atoms with Gasteiger partial charge in [-0.15, -0.1) is 11.3 Å². The second kappa shape index (κ2) is 6.83. The van der Waals surface area contributed by atoms with Crippen LogP contribution in [0.5, 0.6) is 0 Å². The van der Waals surface area contributed by atoms with Gasteiger partial charge in [0.2, 0.25) is 5.91 Å². The molecule has 0 aliphatic heterocycles. The first-order valence-corrected chi connectivity index (χ1v) is 9.77. The van der Waals surface area contributed by atoms with Crippen LogP contribution in [-0.2, 0) is 17.8 Å². The number of aromatic nitrogens is 2. The highest BCUT2D eigenvalue weighted by atomic mass is 32.1. The fourth-order valence-corrected chi connectivity index (χ4v) is 4.19. The van der Waals surface area contributed by atoms with Gasteiger partial charge in [-0.25, -0.2) is 4.98 Å². The summed E-state index contributed by atoms with van der Waals surface area (Å²) in [5.41, 5.74) is 3.13. The fraction of sp³-hybridized carbons (Fsp3) is 0.278. The van der Waals surface area contributed by atoms with Gasteiger partial charge in [0.15, 0.2) is 0 Å². The minimum Gasteiger partial charge on any atom is -0.335 e. The number of carbonyl (C=O) groups is 1. The Morgan fingerprint density at radius 3 is 2.75 bits per heavy atom. The highest BCUT2D eigenvalue weighted by molar-refractivity contribution is 7.14. The average molecular weight is 355 g/mol. The SMILES string of the molecule is O=C(Cc1csc(-c2ccsc2)n1)N(Cc1ccncc1)C1CC1. The van der Waals surface area contributed by atoms with Crippen molar-refractivity contribution in [3.63, 3.8) is 0 Å². The van der Waals surface area contributed by atoms with Crippen molar-refractivity contribution in [1.29, 1.82) is 0 Å². The lowest BCUT2D eigenvalue weighted by Crippen LogP contribution is -2.33. The molecule has 0 saturated heterocycles. The van der Waals surface area contributed by atoms with Crippen LogP contribution >= 0.6 is 22.7 Å². The zero-order valence-corrected chi connectivity index (χ0v) is 14.7. The molecular formula is C18H17N3OS2. The molecule has 24 heavy (non-hydrogen) atoms. The monoisotopic (exact) mass is 355 g/mol. The van der Waals surface area contributed by atoms with Crippen LogP contribution in [0.25, 0.3) is 10.6 Å². The Balaban J connectivity index is 1.45. The number of hydrogen-bond acceptors (Lipinski definition) is 5. The maximum absolute atomic E-state index is 12.8. The van der Waals surface area contributed by atoms with Crippen LogP contribution in [0, 0.1) is 0 Å². The smallest absolute Gasteiger partial charge is 0.229 e. The number of nitrogens with zero attached hydrogens (tertiary/aromatic N) is 3. The van der Waals surface area contributed by atoms with E-state index in [1.165, 1.54) is 0 Å². The van der Waals surface area contributed by atoms with Crippen LogP contribution in [0.1, 0.15) is 24.1 Å². The molecule has 1 fully saturated rings. The largest absolute Gasteiger partial charge is 0.335 e. The van der Waals surface area contributed by atoms with Crippen LogP contribution in [-0.4, -0.2) is 26.8 Å². The number of thiophene rings is 1. The molecule has 4 nitrogen and oxygen atoms in total. The van der Waals surface area contributed by atoms with E-state index in [9.17, 15) is 4.79 Å². The second-order valence-electron chi connectivity index (χ2n) is 5.94. The highest BCUT2D eigenvalue weighted by Crippen LogP contribution is 2.30. The van der Waals surface area contributed by atoms with Gasteiger partial charge >= 0.3 is 0 Å². The molecule has 1 saturated carbocycles. The summed E-state index contributed by atoms with van der Waals surface area (Å²) in [6.45, 7) is 0.660. The van der Waals surface area contributed by atoms with E-state index in [1.807, 2.05) is 27.8 Å². The van der Waals surface area contributed by atoms with E-state index < -0.39 is 0 Å². The molecule has 3 aromatic heterocycles. The third kappa shape index (κ3) is 3.55. The number of pyridine rings is 1. The average Bonchev–Trinajstić information content (AvgIpc) is 3.09. The van der Waals surface area contributed by atoms with Crippen molar-refractivity contribution in [2.24, 2.45) is 0 Å². The van der Waals surface area contributed by atoms with Crippen LogP contribution in [0.4, 0.5) is 0 Å². The Kier molecular flexibility index (Phi) is 4.40. The molecule has 4 rings (SSSR count). The molecule has 1 aliphatic rings. The number of amides is 1. The molecule has 1 amide bonds. The van der Waals surface area contributed by atoms with Crippen LogP contribution < -0.4 is 0 Å². The molecule has 3 aromatic rings. The summed E-state index contributed by atoms with van der Waals surface area (Å²) in [6, 6.07) is 6.40. The van der Waals surface area contributed by atoms with Crippen LogP contribution in [0.2, 0.25) is 0 Å². The quantitative estimate of drug-likeness (QED) is 0.671. The zero-order chi connectivity index (χ0) is 16.4. The Morgan fingerprint density at radius 1 is 1.21 bits per heavy atom. The minimum absolute atomic E-state index is 0.163. The molecule has 0 unspecified atom stereocenters. The summed E-state index contributed by atoms with van der Waals surface area (Å²) in [5, 5.41) is 7.13. The van der Waals surface area contributed by atoms with Crippen molar-refractivity contribution >= 4 is 28.6 Å². The number of carbonyl (C=O) groups excluding carboxylic acids is 1. The lowest BCUT2D eigenvalue weighted by atomic mass is 10.2. The van der Waals surface area contributed by atoms with Gasteiger partial charge in [0.05, 0.1) is 12.1 Å². The van der Waals surface area contributed by atoms with Gasteiger partial charge in [-0.05, 0) is 42.0 Å². The van der Waals surface area contributed by atoms with E-state index in [0.717, 1.165) is 34.7 Å². The zero-order valence-electron chi connectivity index (χ0n) is 13.1. The number of thiazole rings is 1. The van der Waals surface area contributed by atoms with Crippen molar-refractivity contribution in [3.05, 3.63) is 58.0 Å². The minimum atomic E-state index is 0.163. The fourth-order valence-electron chi connectivity index (χ4n) is 2.66. The molecule has 0 atom stereocenters.